The molecule has 0 aromatic carbocycles. The molecule has 0 aliphatic rings. The molecular weight excluding hydrogens is 280 g/mol. The Hall–Kier alpha value is -1.37. The highest BCUT2D eigenvalue weighted by Crippen LogP contribution is 2.16. The summed E-state index contributed by atoms with van der Waals surface area (Å²) >= 11 is 5.89. The Morgan fingerprint density at radius 1 is 1.55 bits per heavy atom. The number of halogens is 1. The van der Waals surface area contributed by atoms with Gasteiger partial charge in [0.2, 0.25) is 0 Å². The summed E-state index contributed by atoms with van der Waals surface area (Å²) < 4.78 is 5.04. The summed E-state index contributed by atoms with van der Waals surface area (Å²) in [7, 11) is 1.61. The number of anilines is 1. The van der Waals surface area contributed by atoms with Gasteiger partial charge in [0.25, 0.3) is 5.91 Å². The van der Waals surface area contributed by atoms with Gasteiger partial charge >= 0.3 is 0 Å². The molecule has 1 amide bonds. The number of hydrazine groups is 1. The molecule has 0 saturated carbocycles. The lowest BCUT2D eigenvalue weighted by Crippen LogP contribution is -2.36. The van der Waals surface area contributed by atoms with Crippen molar-refractivity contribution in [3.8, 4) is 0 Å². The van der Waals surface area contributed by atoms with Crippen LogP contribution in [0.15, 0.2) is 12.1 Å². The Morgan fingerprint density at radius 3 is 2.80 bits per heavy atom. The van der Waals surface area contributed by atoms with Crippen molar-refractivity contribution in [2.45, 2.75) is 13.8 Å². The zero-order valence-electron chi connectivity index (χ0n) is 12.0. The summed E-state index contributed by atoms with van der Waals surface area (Å²) in [6, 6.07) is 3.11. The average molecular weight is 301 g/mol. The van der Waals surface area contributed by atoms with Gasteiger partial charge in [-0.15, -0.1) is 0 Å². The first-order chi connectivity index (χ1) is 9.47. The predicted molar refractivity (Wildman–Crippen MR) is 79.7 cm³/mol. The molecule has 0 atom stereocenters. The van der Waals surface area contributed by atoms with Crippen LogP contribution in [0.4, 0.5) is 5.82 Å². The van der Waals surface area contributed by atoms with Gasteiger partial charge < -0.3 is 15.1 Å². The van der Waals surface area contributed by atoms with Crippen LogP contribution in [0.3, 0.4) is 0 Å². The number of pyridine rings is 1. The number of rotatable bonds is 7. The quantitative estimate of drug-likeness (QED) is 0.456. The molecule has 0 spiro atoms. The van der Waals surface area contributed by atoms with Crippen LogP contribution in [-0.4, -0.2) is 42.6 Å². The molecule has 3 N–H and O–H groups in total. The highest BCUT2D eigenvalue weighted by molar-refractivity contribution is 6.29. The van der Waals surface area contributed by atoms with Crippen molar-refractivity contribution in [3.63, 3.8) is 0 Å². The van der Waals surface area contributed by atoms with E-state index in [0.717, 1.165) is 0 Å². The van der Waals surface area contributed by atoms with Gasteiger partial charge in [-0.3, -0.25) is 4.79 Å². The smallest absolute Gasteiger partial charge is 0.254 e. The van der Waals surface area contributed by atoms with Gasteiger partial charge in [0, 0.05) is 25.8 Å². The second-order valence-electron chi connectivity index (χ2n) is 4.85. The van der Waals surface area contributed by atoms with E-state index in [-0.39, 0.29) is 11.1 Å². The van der Waals surface area contributed by atoms with Gasteiger partial charge in [-0.2, -0.15) is 0 Å². The third-order valence-electron chi connectivity index (χ3n) is 2.63. The molecule has 1 heterocycles. The first kappa shape index (κ1) is 16.7. The minimum atomic E-state index is -0.114. The summed E-state index contributed by atoms with van der Waals surface area (Å²) in [5.74, 6) is 5.91. The number of nitrogens with zero attached hydrogens (tertiary/aromatic N) is 2. The summed E-state index contributed by atoms with van der Waals surface area (Å²) in [6.07, 6.45) is 0. The molecule has 6 nitrogen and oxygen atoms in total. The van der Waals surface area contributed by atoms with E-state index in [0.29, 0.717) is 37.0 Å². The number of hydrogen-bond donors (Lipinski definition) is 2. The van der Waals surface area contributed by atoms with Crippen LogP contribution in [0.5, 0.6) is 0 Å². The maximum Gasteiger partial charge on any atom is 0.254 e. The van der Waals surface area contributed by atoms with Gasteiger partial charge in [-0.25, -0.2) is 10.8 Å². The molecule has 0 bridgehead atoms. The van der Waals surface area contributed by atoms with Crippen LogP contribution in [0.25, 0.3) is 0 Å². The first-order valence-corrected chi connectivity index (χ1v) is 6.78. The maximum atomic E-state index is 12.5. The summed E-state index contributed by atoms with van der Waals surface area (Å²) in [5.41, 5.74) is 2.85. The Bertz CT molecular complexity index is 454. The monoisotopic (exact) mass is 300 g/mol. The van der Waals surface area contributed by atoms with Crippen molar-refractivity contribution in [1.82, 2.24) is 9.88 Å². The molecule has 0 radical (unpaired) electrons. The molecule has 0 aliphatic carbocycles. The second kappa shape index (κ2) is 8.04. The summed E-state index contributed by atoms with van der Waals surface area (Å²) in [4.78, 5) is 18.2. The van der Waals surface area contributed by atoms with Gasteiger partial charge in [0.05, 0.1) is 6.61 Å². The zero-order valence-corrected chi connectivity index (χ0v) is 12.8. The van der Waals surface area contributed by atoms with Crippen LogP contribution in [0.2, 0.25) is 5.15 Å². The van der Waals surface area contributed by atoms with E-state index in [4.69, 9.17) is 22.2 Å². The van der Waals surface area contributed by atoms with E-state index in [1.807, 2.05) is 0 Å². The number of nitrogen functional groups attached to an aromatic ring is 1. The van der Waals surface area contributed by atoms with Crippen molar-refractivity contribution in [2.75, 3.05) is 32.2 Å². The Kier molecular flexibility index (Phi) is 6.70. The molecule has 112 valence electrons. The fourth-order valence-corrected chi connectivity index (χ4v) is 2.00. The van der Waals surface area contributed by atoms with Crippen LogP contribution in [0.1, 0.15) is 24.2 Å². The van der Waals surface area contributed by atoms with E-state index in [9.17, 15) is 4.79 Å². The lowest BCUT2D eigenvalue weighted by Gasteiger charge is -2.24. The van der Waals surface area contributed by atoms with E-state index in [1.165, 1.54) is 6.07 Å². The van der Waals surface area contributed by atoms with Crippen LogP contribution in [0, 0.1) is 5.92 Å². The molecule has 7 heteroatoms. The van der Waals surface area contributed by atoms with E-state index in [2.05, 4.69) is 24.3 Å². The van der Waals surface area contributed by atoms with Crippen LogP contribution >= 0.6 is 11.6 Å². The lowest BCUT2D eigenvalue weighted by atomic mass is 10.1. The van der Waals surface area contributed by atoms with Crippen molar-refractivity contribution < 1.29 is 9.53 Å². The maximum absolute atomic E-state index is 12.5. The highest BCUT2D eigenvalue weighted by atomic mass is 35.5. The molecule has 1 rings (SSSR count). The van der Waals surface area contributed by atoms with Gasteiger partial charge in [-0.1, -0.05) is 25.4 Å². The fourth-order valence-electron chi connectivity index (χ4n) is 1.79. The van der Waals surface area contributed by atoms with Crippen molar-refractivity contribution >= 4 is 23.3 Å². The number of ether oxygens (including phenoxy) is 1. The van der Waals surface area contributed by atoms with Gasteiger partial charge in [0.15, 0.2) is 0 Å². The highest BCUT2D eigenvalue weighted by Gasteiger charge is 2.18. The Balaban J connectivity index is 2.95. The standard InChI is InChI=1S/C13H21ClN4O2/c1-9(2)8-18(4-5-20-3)13(19)10-6-11(14)16-12(7-10)17-15/h6-7,9H,4-5,8,15H2,1-3H3,(H,16,17). The van der Waals surface area contributed by atoms with E-state index in [1.54, 1.807) is 18.1 Å². The summed E-state index contributed by atoms with van der Waals surface area (Å²) in [5, 5.41) is 0.222. The number of nitrogens with two attached hydrogens (primary N) is 1. The Labute approximate surface area is 124 Å². The second-order valence-corrected chi connectivity index (χ2v) is 5.23. The topological polar surface area (TPSA) is 80.5 Å². The SMILES string of the molecule is COCCN(CC(C)C)C(=O)c1cc(Cl)nc(NN)c1. The van der Waals surface area contributed by atoms with Crippen molar-refractivity contribution in [1.29, 1.82) is 0 Å². The molecule has 1 aromatic rings. The number of carbonyl (C=O) groups excluding carboxylic acids is 1. The predicted octanol–water partition coefficient (Wildman–Crippen LogP) is 1.77. The third kappa shape index (κ3) is 4.96. The fraction of sp³-hybridized carbons (Fsp3) is 0.538. The molecule has 0 saturated heterocycles. The number of aromatic nitrogens is 1. The van der Waals surface area contributed by atoms with Crippen molar-refractivity contribution in [2.24, 2.45) is 11.8 Å². The summed E-state index contributed by atoms with van der Waals surface area (Å²) in [6.45, 7) is 5.77. The van der Waals surface area contributed by atoms with Crippen LogP contribution < -0.4 is 11.3 Å². The minimum absolute atomic E-state index is 0.114. The lowest BCUT2D eigenvalue weighted by molar-refractivity contribution is 0.0672. The molecule has 20 heavy (non-hydrogen) atoms. The minimum Gasteiger partial charge on any atom is -0.383 e. The van der Waals surface area contributed by atoms with Crippen LogP contribution in [-0.2, 0) is 4.74 Å². The molecule has 0 aliphatic heterocycles. The average Bonchev–Trinajstić information content (AvgIpc) is 2.41. The van der Waals surface area contributed by atoms with E-state index >= 15 is 0 Å². The molecule has 1 aromatic heterocycles. The number of amides is 1. The normalized spacial score (nSPS) is 10.7. The molecule has 0 unspecified atom stereocenters. The molecule has 0 fully saturated rings. The number of hydrogen-bond acceptors (Lipinski definition) is 5. The van der Waals surface area contributed by atoms with Gasteiger partial charge in [0.1, 0.15) is 11.0 Å². The van der Waals surface area contributed by atoms with E-state index < -0.39 is 0 Å². The number of carbonyl (C=O) groups is 1. The van der Waals surface area contributed by atoms with Crippen molar-refractivity contribution in [3.05, 3.63) is 22.8 Å². The number of methoxy groups -OCH3 is 1. The molecular formula is C13H21ClN4O2. The van der Waals surface area contributed by atoms with Gasteiger partial charge in [-0.05, 0) is 18.1 Å². The number of nitrogens with one attached hydrogen (secondary N) is 1. The third-order valence-corrected chi connectivity index (χ3v) is 2.82. The first-order valence-electron chi connectivity index (χ1n) is 6.40. The largest absolute Gasteiger partial charge is 0.383 e. The zero-order chi connectivity index (χ0) is 15.1. The Morgan fingerprint density at radius 2 is 2.25 bits per heavy atom.